The first-order chi connectivity index (χ1) is 10.1. The minimum absolute atomic E-state index is 0.254. The Morgan fingerprint density at radius 3 is 2.43 bits per heavy atom. The Morgan fingerprint density at radius 2 is 1.86 bits per heavy atom. The number of halogens is 1. The van der Waals surface area contributed by atoms with E-state index >= 15 is 0 Å². The van der Waals surface area contributed by atoms with E-state index in [1.807, 2.05) is 0 Å². The fourth-order valence-corrected chi connectivity index (χ4v) is 2.16. The number of hydrogen-bond acceptors (Lipinski definition) is 4. The number of ether oxygens (including phenoxy) is 1. The topological polar surface area (TPSA) is 76.1 Å². The highest BCUT2D eigenvalue weighted by atomic mass is 35.5. The summed E-state index contributed by atoms with van der Waals surface area (Å²) in [5.74, 6) is -1.03. The number of anilines is 1. The zero-order valence-corrected chi connectivity index (χ0v) is 12.1. The van der Waals surface area contributed by atoms with Crippen LogP contribution in [0.1, 0.15) is 27.4 Å². The molecule has 0 unspecified atom stereocenters. The van der Waals surface area contributed by atoms with Crippen molar-refractivity contribution in [2.45, 2.75) is 5.92 Å². The number of nitrogen functional groups attached to an aromatic ring is 1. The van der Waals surface area contributed by atoms with Crippen molar-refractivity contribution in [3.63, 3.8) is 0 Å². The number of methoxy groups -OCH3 is 1. The molecule has 2 aromatic rings. The van der Waals surface area contributed by atoms with Crippen molar-refractivity contribution < 1.29 is 9.53 Å². The van der Waals surface area contributed by atoms with Crippen molar-refractivity contribution >= 4 is 23.3 Å². The monoisotopic (exact) mass is 300 g/mol. The number of hydrogen-bond donors (Lipinski definition) is 1. The molecular weight excluding hydrogens is 288 g/mol. The highest BCUT2D eigenvalue weighted by Crippen LogP contribution is 2.28. The molecule has 0 radical (unpaired) electrons. The summed E-state index contributed by atoms with van der Waals surface area (Å²) in [5, 5.41) is 10.0. The lowest BCUT2D eigenvalue weighted by molar-refractivity contribution is 0.0602. The lowest BCUT2D eigenvalue weighted by Gasteiger charge is -2.12. The third kappa shape index (κ3) is 3.15. The van der Waals surface area contributed by atoms with E-state index in [-0.39, 0.29) is 5.56 Å². The molecule has 4 nitrogen and oxygen atoms in total. The van der Waals surface area contributed by atoms with Gasteiger partial charge in [0.1, 0.15) is 0 Å². The van der Waals surface area contributed by atoms with Gasteiger partial charge < -0.3 is 10.5 Å². The quantitative estimate of drug-likeness (QED) is 0.696. The molecule has 0 bridgehead atoms. The van der Waals surface area contributed by atoms with E-state index in [9.17, 15) is 10.1 Å². The number of nitriles is 1. The molecule has 0 saturated heterocycles. The molecule has 5 heteroatoms. The van der Waals surface area contributed by atoms with Crippen molar-refractivity contribution in [2.75, 3.05) is 12.8 Å². The maximum Gasteiger partial charge on any atom is 0.339 e. The van der Waals surface area contributed by atoms with Gasteiger partial charge in [0.25, 0.3) is 0 Å². The van der Waals surface area contributed by atoms with E-state index in [0.29, 0.717) is 16.3 Å². The molecule has 106 valence electrons. The summed E-state index contributed by atoms with van der Waals surface area (Å²) >= 11 is 5.85. The van der Waals surface area contributed by atoms with Crippen molar-refractivity contribution in [3.8, 4) is 6.07 Å². The van der Waals surface area contributed by atoms with Crippen LogP contribution in [0.2, 0.25) is 5.02 Å². The van der Waals surface area contributed by atoms with Crippen molar-refractivity contribution in [1.29, 1.82) is 5.26 Å². The first-order valence-corrected chi connectivity index (χ1v) is 6.57. The summed E-state index contributed by atoms with van der Waals surface area (Å²) in [6.07, 6.45) is 0. The Kier molecular flexibility index (Phi) is 4.46. The smallest absolute Gasteiger partial charge is 0.339 e. The Bertz CT molecular complexity index is 705. The van der Waals surface area contributed by atoms with Crippen LogP contribution in [0.3, 0.4) is 0 Å². The molecule has 0 aliphatic carbocycles. The molecule has 0 aliphatic rings. The largest absolute Gasteiger partial charge is 0.465 e. The normalized spacial score (nSPS) is 11.5. The van der Waals surface area contributed by atoms with E-state index < -0.39 is 11.9 Å². The molecule has 0 fully saturated rings. The second-order valence-electron chi connectivity index (χ2n) is 4.45. The summed E-state index contributed by atoms with van der Waals surface area (Å²) in [7, 11) is 1.29. The van der Waals surface area contributed by atoms with Gasteiger partial charge in [0.05, 0.1) is 24.7 Å². The zero-order chi connectivity index (χ0) is 15.4. The average molecular weight is 301 g/mol. The highest BCUT2D eigenvalue weighted by Gasteiger charge is 2.17. The van der Waals surface area contributed by atoms with Crippen LogP contribution in [-0.4, -0.2) is 13.1 Å². The van der Waals surface area contributed by atoms with Gasteiger partial charge in [-0.05, 0) is 35.4 Å². The predicted molar refractivity (Wildman–Crippen MR) is 81.1 cm³/mol. The SMILES string of the molecule is COC(=O)c1cc([C@@H](C#N)c2ccc(Cl)cc2)ccc1N. The molecule has 2 aromatic carbocycles. The summed E-state index contributed by atoms with van der Waals surface area (Å²) in [6, 6.07) is 14.1. The fraction of sp³-hybridized carbons (Fsp3) is 0.125. The first kappa shape index (κ1) is 14.9. The number of rotatable bonds is 3. The number of nitrogens with two attached hydrogens (primary N) is 1. The summed E-state index contributed by atoms with van der Waals surface area (Å²) < 4.78 is 4.69. The standard InChI is InChI=1S/C16H13ClN2O2/c1-21-16(20)13-8-11(4-7-15(13)19)14(9-18)10-2-5-12(17)6-3-10/h2-8,14H,19H2,1H3/t14-/m0/s1. The van der Waals surface area contributed by atoms with Crippen molar-refractivity contribution in [2.24, 2.45) is 0 Å². The van der Waals surface area contributed by atoms with Gasteiger partial charge in [-0.25, -0.2) is 4.79 Å². The Balaban J connectivity index is 2.46. The van der Waals surface area contributed by atoms with E-state index in [4.69, 9.17) is 17.3 Å². The number of carbonyl (C=O) groups is 1. The summed E-state index contributed by atoms with van der Waals surface area (Å²) in [6.45, 7) is 0. The molecule has 2 rings (SSSR count). The molecule has 2 N–H and O–H groups in total. The number of carbonyl (C=O) groups excluding carboxylic acids is 1. The van der Waals surface area contributed by atoms with E-state index in [0.717, 1.165) is 5.56 Å². The van der Waals surface area contributed by atoms with Crippen LogP contribution in [0.4, 0.5) is 5.69 Å². The predicted octanol–water partition coefficient (Wildman–Crippen LogP) is 3.36. The Hall–Kier alpha value is -2.51. The highest BCUT2D eigenvalue weighted by molar-refractivity contribution is 6.30. The van der Waals surface area contributed by atoms with Gasteiger partial charge in [0, 0.05) is 10.7 Å². The molecule has 0 amide bonds. The molecule has 21 heavy (non-hydrogen) atoms. The Labute approximate surface area is 127 Å². The zero-order valence-electron chi connectivity index (χ0n) is 11.3. The number of benzene rings is 2. The third-order valence-corrected chi connectivity index (χ3v) is 3.40. The van der Waals surface area contributed by atoms with Crippen LogP contribution in [0, 0.1) is 11.3 Å². The minimum Gasteiger partial charge on any atom is -0.465 e. The molecule has 0 heterocycles. The van der Waals surface area contributed by atoms with Gasteiger partial charge >= 0.3 is 5.97 Å². The van der Waals surface area contributed by atoms with Gasteiger partial charge in [-0.15, -0.1) is 0 Å². The van der Waals surface area contributed by atoms with Crippen LogP contribution in [0.25, 0.3) is 0 Å². The van der Waals surface area contributed by atoms with Crippen LogP contribution < -0.4 is 5.73 Å². The van der Waals surface area contributed by atoms with Gasteiger partial charge in [-0.3, -0.25) is 0 Å². The molecule has 0 aliphatic heterocycles. The van der Waals surface area contributed by atoms with Crippen LogP contribution in [0.5, 0.6) is 0 Å². The third-order valence-electron chi connectivity index (χ3n) is 3.15. The Morgan fingerprint density at radius 1 is 1.24 bits per heavy atom. The lowest BCUT2D eigenvalue weighted by Crippen LogP contribution is -2.08. The molecular formula is C16H13ClN2O2. The maximum atomic E-state index is 11.7. The van der Waals surface area contributed by atoms with Gasteiger partial charge in [0.2, 0.25) is 0 Å². The second-order valence-corrected chi connectivity index (χ2v) is 4.89. The van der Waals surface area contributed by atoms with E-state index in [1.165, 1.54) is 7.11 Å². The number of esters is 1. The molecule has 1 atom stereocenters. The van der Waals surface area contributed by atoms with Crippen LogP contribution in [-0.2, 0) is 4.74 Å². The van der Waals surface area contributed by atoms with Crippen LogP contribution in [0.15, 0.2) is 42.5 Å². The van der Waals surface area contributed by atoms with Crippen molar-refractivity contribution in [3.05, 3.63) is 64.2 Å². The molecule has 0 saturated carbocycles. The average Bonchev–Trinajstić information content (AvgIpc) is 2.50. The van der Waals surface area contributed by atoms with Gasteiger partial charge in [0.15, 0.2) is 0 Å². The minimum atomic E-state index is -0.526. The molecule has 0 aromatic heterocycles. The van der Waals surface area contributed by atoms with E-state index in [1.54, 1.807) is 42.5 Å². The fourth-order valence-electron chi connectivity index (χ4n) is 2.04. The van der Waals surface area contributed by atoms with Crippen molar-refractivity contribution in [1.82, 2.24) is 0 Å². The molecule has 0 spiro atoms. The summed E-state index contributed by atoms with van der Waals surface area (Å²) in [5.41, 5.74) is 7.81. The number of nitrogens with zero attached hydrogens (tertiary/aromatic N) is 1. The second kappa shape index (κ2) is 6.29. The maximum absolute atomic E-state index is 11.7. The first-order valence-electron chi connectivity index (χ1n) is 6.19. The summed E-state index contributed by atoms with van der Waals surface area (Å²) in [4.78, 5) is 11.7. The van der Waals surface area contributed by atoms with Gasteiger partial charge in [-0.2, -0.15) is 5.26 Å². The van der Waals surface area contributed by atoms with Gasteiger partial charge in [-0.1, -0.05) is 29.8 Å². The van der Waals surface area contributed by atoms with E-state index in [2.05, 4.69) is 10.8 Å². The lowest BCUT2D eigenvalue weighted by atomic mass is 9.91. The van der Waals surface area contributed by atoms with Crippen LogP contribution >= 0.6 is 11.6 Å².